The first kappa shape index (κ1) is 23.9. The second kappa shape index (κ2) is 11.3. The fourth-order valence-electron chi connectivity index (χ4n) is 4.44. The first-order valence-electron chi connectivity index (χ1n) is 12.2. The molecule has 5 rings (SSSR count). The van der Waals surface area contributed by atoms with E-state index in [0.29, 0.717) is 18.2 Å². The minimum Gasteiger partial charge on any atom is -0.497 e. The number of rotatable bonds is 8. The number of piperidine rings is 1. The summed E-state index contributed by atoms with van der Waals surface area (Å²) in [5.41, 5.74) is 3.54. The smallest absolute Gasteiger partial charge is 0.272 e. The van der Waals surface area contributed by atoms with Gasteiger partial charge in [-0.25, -0.2) is 4.98 Å². The summed E-state index contributed by atoms with van der Waals surface area (Å²) >= 11 is 1.54. The molecule has 8 heteroatoms. The Kier molecular flexibility index (Phi) is 7.52. The van der Waals surface area contributed by atoms with Gasteiger partial charge in [0.15, 0.2) is 11.5 Å². The van der Waals surface area contributed by atoms with Crippen molar-refractivity contribution in [2.45, 2.75) is 25.8 Å². The van der Waals surface area contributed by atoms with E-state index in [2.05, 4.69) is 55.7 Å². The quantitative estimate of drug-likeness (QED) is 0.368. The maximum atomic E-state index is 12.6. The van der Waals surface area contributed by atoms with Crippen molar-refractivity contribution in [1.29, 1.82) is 0 Å². The van der Waals surface area contributed by atoms with Crippen LogP contribution in [-0.4, -0.2) is 41.3 Å². The first-order chi connectivity index (χ1) is 17.7. The summed E-state index contributed by atoms with van der Waals surface area (Å²) in [5, 5.41) is 14.3. The summed E-state index contributed by atoms with van der Waals surface area (Å²) in [6, 6.07) is 22.1. The van der Waals surface area contributed by atoms with Gasteiger partial charge in [-0.05, 0) is 67.1 Å². The molecule has 4 aromatic rings. The topological polar surface area (TPSA) is 80.2 Å². The van der Waals surface area contributed by atoms with Crippen LogP contribution in [-0.2, 0) is 13.0 Å². The fraction of sp³-hybridized carbons (Fsp3) is 0.286. The number of nitrogens with one attached hydrogen (secondary N) is 1. The average Bonchev–Trinajstić information content (AvgIpc) is 3.42. The van der Waals surface area contributed by atoms with Crippen LogP contribution in [0.4, 0.5) is 5.82 Å². The number of ether oxygens (including phenoxy) is 1. The van der Waals surface area contributed by atoms with Crippen LogP contribution in [0.1, 0.15) is 34.6 Å². The van der Waals surface area contributed by atoms with Crippen molar-refractivity contribution in [2.75, 3.05) is 25.1 Å². The summed E-state index contributed by atoms with van der Waals surface area (Å²) in [4.78, 5) is 19.5. The van der Waals surface area contributed by atoms with E-state index in [4.69, 9.17) is 4.74 Å². The number of anilines is 1. The molecule has 0 aliphatic carbocycles. The van der Waals surface area contributed by atoms with E-state index in [0.717, 1.165) is 60.2 Å². The molecular formula is C28H29N5O2S. The number of hydrogen-bond donors (Lipinski definition) is 1. The van der Waals surface area contributed by atoms with Crippen molar-refractivity contribution in [3.63, 3.8) is 0 Å². The second-order valence-electron chi connectivity index (χ2n) is 8.95. The van der Waals surface area contributed by atoms with Crippen LogP contribution < -0.4 is 15.0 Å². The van der Waals surface area contributed by atoms with Crippen LogP contribution in [0.25, 0.3) is 10.6 Å². The third-order valence-electron chi connectivity index (χ3n) is 6.51. The lowest BCUT2D eigenvalue weighted by Crippen LogP contribution is -2.35. The van der Waals surface area contributed by atoms with Crippen molar-refractivity contribution in [2.24, 2.45) is 5.92 Å². The molecule has 0 spiro atoms. The largest absolute Gasteiger partial charge is 0.497 e. The van der Waals surface area contributed by atoms with Crippen molar-refractivity contribution < 1.29 is 9.53 Å². The number of aromatic nitrogens is 3. The minimum atomic E-state index is -0.255. The van der Waals surface area contributed by atoms with Gasteiger partial charge in [-0.1, -0.05) is 30.3 Å². The zero-order valence-electron chi connectivity index (χ0n) is 20.3. The zero-order chi connectivity index (χ0) is 24.7. The van der Waals surface area contributed by atoms with E-state index in [1.54, 1.807) is 24.5 Å². The van der Waals surface area contributed by atoms with Crippen molar-refractivity contribution in [3.8, 4) is 16.3 Å². The molecular weight excluding hydrogens is 470 g/mol. The zero-order valence-corrected chi connectivity index (χ0v) is 21.1. The molecule has 1 amide bonds. The molecule has 36 heavy (non-hydrogen) atoms. The van der Waals surface area contributed by atoms with Gasteiger partial charge >= 0.3 is 0 Å². The summed E-state index contributed by atoms with van der Waals surface area (Å²) in [6.07, 6.45) is 3.38. The van der Waals surface area contributed by atoms with Gasteiger partial charge in [-0.3, -0.25) is 4.79 Å². The molecule has 0 unspecified atom stereocenters. The third kappa shape index (κ3) is 5.88. The molecule has 0 saturated carbocycles. The van der Waals surface area contributed by atoms with Gasteiger partial charge in [-0.2, -0.15) is 0 Å². The van der Waals surface area contributed by atoms with E-state index in [1.807, 2.05) is 35.7 Å². The highest BCUT2D eigenvalue weighted by molar-refractivity contribution is 7.13. The Labute approximate surface area is 215 Å². The first-order valence-corrected chi connectivity index (χ1v) is 13.1. The monoisotopic (exact) mass is 499 g/mol. The molecule has 0 radical (unpaired) electrons. The number of thiazole rings is 1. The minimum absolute atomic E-state index is 0.255. The van der Waals surface area contributed by atoms with Crippen LogP contribution in [0.2, 0.25) is 0 Å². The van der Waals surface area contributed by atoms with Gasteiger partial charge in [0.2, 0.25) is 0 Å². The number of amides is 1. The SMILES string of the molecule is COc1ccc(-c2nc(CNC(=O)c3ccc(N4CCC(Cc5ccccc5)CC4)nn3)cs2)cc1. The second-order valence-corrected chi connectivity index (χ2v) is 9.81. The number of carbonyl (C=O) groups is 1. The molecule has 1 aliphatic heterocycles. The maximum absolute atomic E-state index is 12.6. The standard InChI is InChI=1S/C28H29N5O2S/c1-35-24-9-7-22(8-10-24)28-30-23(19-36-28)18-29-27(34)25-11-12-26(32-31-25)33-15-13-21(14-16-33)17-20-5-3-2-4-6-20/h2-12,19,21H,13-18H2,1H3,(H,29,34). The predicted molar refractivity (Wildman–Crippen MR) is 142 cm³/mol. The van der Waals surface area contributed by atoms with E-state index in [1.165, 1.54) is 5.56 Å². The number of carbonyl (C=O) groups excluding carboxylic acids is 1. The number of methoxy groups -OCH3 is 1. The van der Waals surface area contributed by atoms with Crippen LogP contribution in [0.3, 0.4) is 0 Å². The van der Waals surface area contributed by atoms with Gasteiger partial charge in [-0.15, -0.1) is 21.5 Å². The van der Waals surface area contributed by atoms with Gasteiger partial charge in [0.1, 0.15) is 10.8 Å². The number of nitrogens with zero attached hydrogens (tertiary/aromatic N) is 4. The fourth-order valence-corrected chi connectivity index (χ4v) is 5.27. The molecule has 7 nitrogen and oxygen atoms in total. The molecule has 0 bridgehead atoms. The molecule has 1 aliphatic rings. The molecule has 2 aromatic carbocycles. The Balaban J connectivity index is 1.11. The molecule has 2 aromatic heterocycles. The van der Waals surface area contributed by atoms with E-state index in [9.17, 15) is 4.79 Å². The molecule has 184 valence electrons. The summed E-state index contributed by atoms with van der Waals surface area (Å²) in [7, 11) is 1.65. The van der Waals surface area contributed by atoms with Crippen molar-refractivity contribution in [1.82, 2.24) is 20.5 Å². The molecule has 3 heterocycles. The van der Waals surface area contributed by atoms with Crippen LogP contribution in [0, 0.1) is 5.92 Å². The third-order valence-corrected chi connectivity index (χ3v) is 7.45. The van der Waals surface area contributed by atoms with Gasteiger partial charge in [0.25, 0.3) is 5.91 Å². The lowest BCUT2D eigenvalue weighted by molar-refractivity contribution is 0.0944. The van der Waals surface area contributed by atoms with E-state index in [-0.39, 0.29) is 5.91 Å². The summed E-state index contributed by atoms with van der Waals surface area (Å²) in [6.45, 7) is 2.25. The molecule has 1 N–H and O–H groups in total. The molecule has 1 fully saturated rings. The van der Waals surface area contributed by atoms with Gasteiger partial charge in [0, 0.05) is 24.0 Å². The lowest BCUT2D eigenvalue weighted by atomic mass is 9.90. The Bertz CT molecular complexity index is 1270. The number of hydrogen-bond acceptors (Lipinski definition) is 7. The molecule has 1 saturated heterocycles. The Hall–Kier alpha value is -3.78. The van der Waals surface area contributed by atoms with E-state index >= 15 is 0 Å². The highest BCUT2D eigenvalue weighted by atomic mass is 32.1. The highest BCUT2D eigenvalue weighted by Gasteiger charge is 2.21. The Morgan fingerprint density at radius 1 is 1.03 bits per heavy atom. The van der Waals surface area contributed by atoms with Crippen LogP contribution in [0.15, 0.2) is 72.1 Å². The lowest BCUT2D eigenvalue weighted by Gasteiger charge is -2.32. The Morgan fingerprint density at radius 3 is 2.50 bits per heavy atom. The van der Waals surface area contributed by atoms with Crippen molar-refractivity contribution in [3.05, 3.63) is 89.1 Å². The number of benzene rings is 2. The van der Waals surface area contributed by atoms with Gasteiger partial charge < -0.3 is 15.0 Å². The molecule has 0 atom stereocenters. The summed E-state index contributed by atoms with van der Waals surface area (Å²) < 4.78 is 5.20. The van der Waals surface area contributed by atoms with Crippen LogP contribution >= 0.6 is 11.3 Å². The van der Waals surface area contributed by atoms with Crippen molar-refractivity contribution >= 4 is 23.1 Å². The Morgan fingerprint density at radius 2 is 1.81 bits per heavy atom. The van der Waals surface area contributed by atoms with Gasteiger partial charge in [0.05, 0.1) is 19.3 Å². The highest BCUT2D eigenvalue weighted by Crippen LogP contribution is 2.26. The average molecular weight is 500 g/mol. The maximum Gasteiger partial charge on any atom is 0.272 e. The predicted octanol–water partition coefficient (Wildman–Crippen LogP) is 5.00. The normalized spacial score (nSPS) is 14.0. The summed E-state index contributed by atoms with van der Waals surface area (Å²) in [5.74, 6) is 2.07. The van der Waals surface area contributed by atoms with Crippen LogP contribution in [0.5, 0.6) is 5.75 Å². The van der Waals surface area contributed by atoms with E-state index < -0.39 is 0 Å².